The molecule has 1 fully saturated rings. The van der Waals surface area contributed by atoms with Crippen LogP contribution in [0.1, 0.15) is 24.8 Å². The molecule has 3 rings (SSSR count). The number of isocyanates is 1. The first-order valence-corrected chi connectivity index (χ1v) is 5.94. The maximum atomic E-state index is 13.7. The summed E-state index contributed by atoms with van der Waals surface area (Å²) in [4.78, 5) is 14.3. The Hall–Kier alpha value is -1.87. The van der Waals surface area contributed by atoms with E-state index in [0.717, 1.165) is 18.4 Å². The van der Waals surface area contributed by atoms with Crippen LogP contribution in [0.25, 0.3) is 0 Å². The average molecular weight is 249 g/mol. The normalized spacial score (nSPS) is 19.6. The number of ether oxygens (including phenoxy) is 2. The van der Waals surface area contributed by atoms with E-state index in [4.69, 9.17) is 9.47 Å². The Labute approximate surface area is 103 Å². The maximum Gasteiger partial charge on any atom is 0.235 e. The number of benzene rings is 1. The van der Waals surface area contributed by atoms with Gasteiger partial charge in [0.2, 0.25) is 6.08 Å². The molecule has 0 N–H and O–H groups in total. The summed E-state index contributed by atoms with van der Waals surface area (Å²) >= 11 is 0. The van der Waals surface area contributed by atoms with E-state index in [1.165, 1.54) is 6.07 Å². The first-order valence-electron chi connectivity index (χ1n) is 5.94. The minimum atomic E-state index is -0.576. The number of hydrogen-bond donors (Lipinski definition) is 0. The molecule has 0 aromatic heterocycles. The second-order valence-corrected chi connectivity index (χ2v) is 4.54. The highest BCUT2D eigenvalue weighted by molar-refractivity contribution is 5.54. The molecule has 0 unspecified atom stereocenters. The SMILES string of the molecule is O=C=NC1(c2ccc(F)c3c2OCCCO3)CC1. The number of rotatable bonds is 2. The van der Waals surface area contributed by atoms with E-state index in [2.05, 4.69) is 4.99 Å². The summed E-state index contributed by atoms with van der Waals surface area (Å²) in [5.74, 6) is 0.0860. The highest BCUT2D eigenvalue weighted by atomic mass is 19.1. The van der Waals surface area contributed by atoms with Gasteiger partial charge in [-0.1, -0.05) is 0 Å². The van der Waals surface area contributed by atoms with E-state index < -0.39 is 11.4 Å². The van der Waals surface area contributed by atoms with Crippen molar-refractivity contribution in [2.75, 3.05) is 13.2 Å². The molecule has 0 atom stereocenters. The zero-order valence-corrected chi connectivity index (χ0v) is 9.74. The minimum Gasteiger partial charge on any atom is -0.489 e. The fraction of sp³-hybridized carbons (Fsp3) is 0.462. The lowest BCUT2D eigenvalue weighted by atomic mass is 10.0. The van der Waals surface area contributed by atoms with Gasteiger partial charge in [-0.05, 0) is 25.0 Å². The lowest BCUT2D eigenvalue weighted by Gasteiger charge is -2.16. The van der Waals surface area contributed by atoms with Crippen LogP contribution in [0.15, 0.2) is 17.1 Å². The molecule has 1 aromatic rings. The molecule has 2 aliphatic rings. The van der Waals surface area contributed by atoms with Gasteiger partial charge in [0.1, 0.15) is 5.54 Å². The van der Waals surface area contributed by atoms with Crippen molar-refractivity contribution < 1.29 is 18.7 Å². The van der Waals surface area contributed by atoms with E-state index in [-0.39, 0.29) is 5.75 Å². The zero-order chi connectivity index (χ0) is 12.6. The molecule has 1 aliphatic heterocycles. The van der Waals surface area contributed by atoms with Crippen molar-refractivity contribution in [2.45, 2.75) is 24.8 Å². The number of hydrogen-bond acceptors (Lipinski definition) is 4. The molecule has 1 aromatic carbocycles. The molecule has 1 heterocycles. The van der Waals surface area contributed by atoms with Crippen LogP contribution in [0, 0.1) is 5.82 Å². The van der Waals surface area contributed by atoms with Gasteiger partial charge in [-0.2, -0.15) is 4.99 Å². The molecular weight excluding hydrogens is 237 g/mol. The zero-order valence-electron chi connectivity index (χ0n) is 9.74. The average Bonchev–Trinajstić information content (AvgIpc) is 3.14. The van der Waals surface area contributed by atoms with Crippen molar-refractivity contribution in [2.24, 2.45) is 4.99 Å². The van der Waals surface area contributed by atoms with Crippen LogP contribution in [0.4, 0.5) is 4.39 Å². The Kier molecular flexibility index (Phi) is 2.56. The van der Waals surface area contributed by atoms with Crippen molar-refractivity contribution in [3.05, 3.63) is 23.5 Å². The van der Waals surface area contributed by atoms with Gasteiger partial charge in [0.25, 0.3) is 0 Å². The van der Waals surface area contributed by atoms with E-state index >= 15 is 0 Å². The monoisotopic (exact) mass is 249 g/mol. The maximum absolute atomic E-state index is 13.7. The minimum absolute atomic E-state index is 0.136. The Morgan fingerprint density at radius 1 is 1.22 bits per heavy atom. The van der Waals surface area contributed by atoms with Crippen LogP contribution in [0.2, 0.25) is 0 Å². The fourth-order valence-electron chi connectivity index (χ4n) is 2.24. The highest BCUT2D eigenvalue weighted by Crippen LogP contribution is 2.54. The van der Waals surface area contributed by atoms with Crippen molar-refractivity contribution >= 4 is 6.08 Å². The number of halogens is 1. The summed E-state index contributed by atoms with van der Waals surface area (Å²) < 4.78 is 24.7. The van der Waals surface area contributed by atoms with Crippen LogP contribution in [0.3, 0.4) is 0 Å². The Morgan fingerprint density at radius 3 is 2.61 bits per heavy atom. The van der Waals surface area contributed by atoms with Gasteiger partial charge in [-0.15, -0.1) is 0 Å². The van der Waals surface area contributed by atoms with Crippen LogP contribution in [-0.2, 0) is 10.3 Å². The first kappa shape index (κ1) is 11.2. The van der Waals surface area contributed by atoms with Crippen LogP contribution in [0.5, 0.6) is 11.5 Å². The summed E-state index contributed by atoms with van der Waals surface area (Å²) in [6, 6.07) is 2.96. The number of carbonyl (C=O) groups excluding carboxylic acids is 1. The Morgan fingerprint density at radius 2 is 1.94 bits per heavy atom. The quantitative estimate of drug-likeness (QED) is 0.597. The third-order valence-corrected chi connectivity index (χ3v) is 3.33. The third-order valence-electron chi connectivity index (χ3n) is 3.33. The summed E-state index contributed by atoms with van der Waals surface area (Å²) in [7, 11) is 0. The molecule has 0 spiro atoms. The van der Waals surface area contributed by atoms with Gasteiger partial charge < -0.3 is 9.47 Å². The largest absolute Gasteiger partial charge is 0.489 e. The topological polar surface area (TPSA) is 47.9 Å². The van der Waals surface area contributed by atoms with Gasteiger partial charge in [0, 0.05) is 12.0 Å². The number of fused-ring (bicyclic) bond motifs is 1. The second kappa shape index (κ2) is 4.10. The van der Waals surface area contributed by atoms with Crippen molar-refractivity contribution in [3.8, 4) is 11.5 Å². The summed E-state index contributed by atoms with van der Waals surface area (Å²) in [5, 5.41) is 0. The Bertz CT molecular complexity index is 533. The number of nitrogens with zero attached hydrogens (tertiary/aromatic N) is 1. The molecule has 5 heteroatoms. The molecule has 0 saturated heterocycles. The number of aliphatic imine (C=N–C) groups is 1. The van der Waals surface area contributed by atoms with E-state index in [9.17, 15) is 9.18 Å². The molecule has 0 bridgehead atoms. The molecule has 0 amide bonds. The predicted octanol–water partition coefficient (Wildman–Crippen LogP) is 2.31. The van der Waals surface area contributed by atoms with Crippen molar-refractivity contribution in [1.82, 2.24) is 0 Å². The highest BCUT2D eigenvalue weighted by Gasteiger charge is 2.48. The summed E-state index contributed by atoms with van der Waals surface area (Å²) in [5.41, 5.74) is 0.150. The molecular formula is C13H12FNO3. The van der Waals surface area contributed by atoms with Gasteiger partial charge in [0.15, 0.2) is 17.3 Å². The van der Waals surface area contributed by atoms with Gasteiger partial charge in [0.05, 0.1) is 13.2 Å². The Balaban J connectivity index is 2.13. The van der Waals surface area contributed by atoms with Crippen molar-refractivity contribution in [3.63, 3.8) is 0 Å². The second-order valence-electron chi connectivity index (χ2n) is 4.54. The van der Waals surface area contributed by atoms with Crippen molar-refractivity contribution in [1.29, 1.82) is 0 Å². The molecule has 18 heavy (non-hydrogen) atoms. The van der Waals surface area contributed by atoms with Crippen LogP contribution >= 0.6 is 0 Å². The third kappa shape index (κ3) is 1.68. The molecule has 0 radical (unpaired) electrons. The van der Waals surface area contributed by atoms with Gasteiger partial charge in [-0.25, -0.2) is 9.18 Å². The van der Waals surface area contributed by atoms with Gasteiger partial charge >= 0.3 is 0 Å². The fourth-order valence-corrected chi connectivity index (χ4v) is 2.24. The molecule has 4 nitrogen and oxygen atoms in total. The lowest BCUT2D eigenvalue weighted by molar-refractivity contribution is 0.291. The van der Waals surface area contributed by atoms with E-state index in [0.29, 0.717) is 25.4 Å². The lowest BCUT2D eigenvalue weighted by Crippen LogP contribution is -2.07. The molecule has 1 saturated carbocycles. The summed E-state index contributed by atoms with van der Waals surface area (Å²) in [6.07, 6.45) is 3.80. The van der Waals surface area contributed by atoms with Gasteiger partial charge in [-0.3, -0.25) is 0 Å². The summed E-state index contributed by atoms with van der Waals surface area (Å²) in [6.45, 7) is 0.904. The first-order chi connectivity index (χ1) is 8.77. The standard InChI is InChI=1S/C13H12FNO3/c14-10-3-2-9(13(4-5-13)15-8-16)11-12(10)18-7-1-6-17-11/h2-3H,1,4-7H2. The van der Waals surface area contributed by atoms with E-state index in [1.807, 2.05) is 0 Å². The van der Waals surface area contributed by atoms with Crippen LogP contribution < -0.4 is 9.47 Å². The van der Waals surface area contributed by atoms with E-state index in [1.54, 1.807) is 12.1 Å². The smallest absolute Gasteiger partial charge is 0.235 e. The van der Waals surface area contributed by atoms with Crippen LogP contribution in [-0.4, -0.2) is 19.3 Å². The molecule has 1 aliphatic carbocycles. The predicted molar refractivity (Wildman–Crippen MR) is 61.0 cm³/mol. The molecule has 94 valence electrons.